The Morgan fingerprint density at radius 2 is 1.68 bits per heavy atom. The molecule has 2 aliphatic rings. The number of hydrogen-bond acceptors (Lipinski definition) is 3. The van der Waals surface area contributed by atoms with Crippen LogP contribution in [0, 0.1) is 5.41 Å². The van der Waals surface area contributed by atoms with Crippen molar-refractivity contribution in [1.82, 2.24) is 0 Å². The molecule has 0 aromatic carbocycles. The van der Waals surface area contributed by atoms with E-state index in [1.165, 1.54) is 32.1 Å². The molecule has 2 aliphatic carbocycles. The smallest absolute Gasteiger partial charge is 0.0808 e. The standard InChI is InChI=1S/C16H31NO2/c1-15(2)7-9-16(12-17,10-8-15)19-14-6-4-5-13(11-14)18-3/h13-14H,4-12,17H2,1-3H3. The second-order valence-corrected chi connectivity index (χ2v) is 7.32. The van der Waals surface area contributed by atoms with Crippen LogP contribution in [0.3, 0.4) is 0 Å². The molecule has 0 saturated heterocycles. The molecule has 0 heterocycles. The molecule has 2 unspecified atom stereocenters. The summed E-state index contributed by atoms with van der Waals surface area (Å²) in [5.41, 5.74) is 6.46. The zero-order chi connectivity index (χ0) is 13.9. The highest BCUT2D eigenvalue weighted by Crippen LogP contribution is 2.43. The van der Waals surface area contributed by atoms with E-state index in [0.29, 0.717) is 24.2 Å². The van der Waals surface area contributed by atoms with Crippen molar-refractivity contribution in [3.05, 3.63) is 0 Å². The van der Waals surface area contributed by atoms with Gasteiger partial charge in [-0.25, -0.2) is 0 Å². The lowest BCUT2D eigenvalue weighted by atomic mass is 9.70. The van der Waals surface area contributed by atoms with Gasteiger partial charge in [-0.1, -0.05) is 13.8 Å². The van der Waals surface area contributed by atoms with Gasteiger partial charge in [0.1, 0.15) is 0 Å². The SMILES string of the molecule is COC1CCCC(OC2(CN)CCC(C)(C)CC2)C1. The quantitative estimate of drug-likeness (QED) is 0.852. The predicted molar refractivity (Wildman–Crippen MR) is 78.2 cm³/mol. The Labute approximate surface area is 118 Å². The van der Waals surface area contributed by atoms with Gasteiger partial charge in [0, 0.05) is 13.7 Å². The van der Waals surface area contributed by atoms with E-state index in [9.17, 15) is 0 Å². The molecule has 112 valence electrons. The van der Waals surface area contributed by atoms with Crippen molar-refractivity contribution in [3.8, 4) is 0 Å². The molecule has 19 heavy (non-hydrogen) atoms. The molecule has 0 radical (unpaired) electrons. The molecule has 2 atom stereocenters. The second kappa shape index (κ2) is 6.11. The van der Waals surface area contributed by atoms with Crippen LogP contribution in [0.4, 0.5) is 0 Å². The molecule has 3 heteroatoms. The first-order valence-electron chi connectivity index (χ1n) is 7.89. The largest absolute Gasteiger partial charge is 0.381 e. The Hall–Kier alpha value is -0.120. The highest BCUT2D eigenvalue weighted by atomic mass is 16.5. The van der Waals surface area contributed by atoms with E-state index in [4.69, 9.17) is 15.2 Å². The van der Waals surface area contributed by atoms with Gasteiger partial charge in [0.05, 0.1) is 17.8 Å². The molecule has 2 N–H and O–H groups in total. The fraction of sp³-hybridized carbons (Fsp3) is 1.00. The van der Waals surface area contributed by atoms with Crippen LogP contribution in [-0.4, -0.2) is 31.5 Å². The maximum atomic E-state index is 6.49. The van der Waals surface area contributed by atoms with Crippen molar-refractivity contribution in [2.75, 3.05) is 13.7 Å². The third kappa shape index (κ3) is 3.93. The number of nitrogens with two attached hydrogens (primary N) is 1. The van der Waals surface area contributed by atoms with Crippen LogP contribution in [0.2, 0.25) is 0 Å². The Balaban J connectivity index is 1.92. The van der Waals surface area contributed by atoms with E-state index < -0.39 is 0 Å². The second-order valence-electron chi connectivity index (χ2n) is 7.32. The molecule has 0 bridgehead atoms. The fourth-order valence-electron chi connectivity index (χ4n) is 3.53. The summed E-state index contributed by atoms with van der Waals surface area (Å²) in [4.78, 5) is 0. The van der Waals surface area contributed by atoms with Gasteiger partial charge in [0.2, 0.25) is 0 Å². The molecule has 3 nitrogen and oxygen atoms in total. The third-order valence-electron chi connectivity index (χ3n) is 5.21. The van der Waals surface area contributed by atoms with E-state index in [1.54, 1.807) is 0 Å². The summed E-state index contributed by atoms with van der Waals surface area (Å²) in [7, 11) is 1.81. The monoisotopic (exact) mass is 269 g/mol. The van der Waals surface area contributed by atoms with Crippen molar-refractivity contribution >= 4 is 0 Å². The third-order valence-corrected chi connectivity index (χ3v) is 5.21. The van der Waals surface area contributed by atoms with Gasteiger partial charge in [-0.2, -0.15) is 0 Å². The molecule has 0 aromatic heterocycles. The van der Waals surface area contributed by atoms with Crippen LogP contribution in [-0.2, 0) is 9.47 Å². The van der Waals surface area contributed by atoms with E-state index in [0.717, 1.165) is 19.3 Å². The topological polar surface area (TPSA) is 44.5 Å². The summed E-state index contributed by atoms with van der Waals surface area (Å²) in [5, 5.41) is 0. The summed E-state index contributed by atoms with van der Waals surface area (Å²) in [6, 6.07) is 0. The summed E-state index contributed by atoms with van der Waals surface area (Å²) < 4.78 is 12.0. The van der Waals surface area contributed by atoms with Gasteiger partial charge in [0.25, 0.3) is 0 Å². The molecule has 0 amide bonds. The van der Waals surface area contributed by atoms with E-state index >= 15 is 0 Å². The molecular weight excluding hydrogens is 238 g/mol. The van der Waals surface area contributed by atoms with Gasteiger partial charge in [-0.15, -0.1) is 0 Å². The zero-order valence-electron chi connectivity index (χ0n) is 12.9. The molecule has 0 aliphatic heterocycles. The first kappa shape index (κ1) is 15.3. The maximum absolute atomic E-state index is 6.49. The Morgan fingerprint density at radius 1 is 1.05 bits per heavy atom. The van der Waals surface area contributed by atoms with Gasteiger partial charge in [0.15, 0.2) is 0 Å². The molecular formula is C16H31NO2. The first-order chi connectivity index (χ1) is 8.99. The number of rotatable bonds is 4. The van der Waals surface area contributed by atoms with Gasteiger partial charge in [-0.05, 0) is 56.8 Å². The van der Waals surface area contributed by atoms with Crippen molar-refractivity contribution in [1.29, 1.82) is 0 Å². The van der Waals surface area contributed by atoms with Crippen LogP contribution in [0.25, 0.3) is 0 Å². The number of ether oxygens (including phenoxy) is 2. The zero-order valence-corrected chi connectivity index (χ0v) is 12.9. The minimum Gasteiger partial charge on any atom is -0.381 e. The van der Waals surface area contributed by atoms with Crippen molar-refractivity contribution in [3.63, 3.8) is 0 Å². The summed E-state index contributed by atoms with van der Waals surface area (Å²) in [5.74, 6) is 0. The minimum absolute atomic E-state index is 0.0597. The lowest BCUT2D eigenvalue weighted by Gasteiger charge is -2.45. The first-order valence-corrected chi connectivity index (χ1v) is 7.89. The highest BCUT2D eigenvalue weighted by molar-refractivity contribution is 4.93. The van der Waals surface area contributed by atoms with E-state index in [2.05, 4.69) is 13.8 Å². The van der Waals surface area contributed by atoms with Crippen LogP contribution >= 0.6 is 0 Å². The van der Waals surface area contributed by atoms with E-state index in [1.807, 2.05) is 7.11 Å². The minimum atomic E-state index is -0.0597. The Kier molecular flexibility index (Phi) is 4.91. The van der Waals surface area contributed by atoms with Crippen molar-refractivity contribution in [2.45, 2.75) is 83.0 Å². The van der Waals surface area contributed by atoms with Crippen LogP contribution in [0.5, 0.6) is 0 Å². The van der Waals surface area contributed by atoms with Gasteiger partial charge < -0.3 is 15.2 Å². The number of methoxy groups -OCH3 is 1. The normalized spacial score (nSPS) is 34.1. The summed E-state index contributed by atoms with van der Waals surface area (Å²) in [6.45, 7) is 5.38. The van der Waals surface area contributed by atoms with Crippen molar-refractivity contribution in [2.24, 2.45) is 11.1 Å². The summed E-state index contributed by atoms with van der Waals surface area (Å²) >= 11 is 0. The average Bonchev–Trinajstić information content (AvgIpc) is 2.42. The predicted octanol–water partition coefficient (Wildman–Crippen LogP) is 3.26. The van der Waals surface area contributed by atoms with Crippen LogP contribution in [0.15, 0.2) is 0 Å². The Bertz CT molecular complexity index is 280. The van der Waals surface area contributed by atoms with Crippen LogP contribution < -0.4 is 5.73 Å². The Morgan fingerprint density at radius 3 is 2.26 bits per heavy atom. The molecule has 2 fully saturated rings. The fourth-order valence-corrected chi connectivity index (χ4v) is 3.53. The lowest BCUT2D eigenvalue weighted by molar-refractivity contribution is -0.143. The van der Waals surface area contributed by atoms with Gasteiger partial charge >= 0.3 is 0 Å². The van der Waals surface area contributed by atoms with Crippen LogP contribution in [0.1, 0.15) is 65.2 Å². The molecule has 2 saturated carbocycles. The average molecular weight is 269 g/mol. The molecule has 0 spiro atoms. The van der Waals surface area contributed by atoms with Crippen molar-refractivity contribution < 1.29 is 9.47 Å². The highest BCUT2D eigenvalue weighted by Gasteiger charge is 2.40. The molecule has 2 rings (SSSR count). The maximum Gasteiger partial charge on any atom is 0.0808 e. The van der Waals surface area contributed by atoms with Gasteiger partial charge in [-0.3, -0.25) is 0 Å². The lowest BCUT2D eigenvalue weighted by Crippen LogP contribution is -2.48. The number of hydrogen-bond donors (Lipinski definition) is 1. The van der Waals surface area contributed by atoms with E-state index in [-0.39, 0.29) is 5.60 Å². The molecule has 0 aromatic rings. The summed E-state index contributed by atoms with van der Waals surface area (Å²) in [6.07, 6.45) is 10.0.